The number of carbonyl (C=O) groups excluding carboxylic acids is 1. The van der Waals surface area contributed by atoms with Crippen molar-refractivity contribution in [3.05, 3.63) is 34.6 Å². The number of alkyl halides is 3. The van der Waals surface area contributed by atoms with E-state index in [4.69, 9.17) is 4.74 Å². The van der Waals surface area contributed by atoms with Crippen molar-refractivity contribution in [3.63, 3.8) is 0 Å². The fraction of sp³-hybridized carbons (Fsp3) is 0.500. The molecule has 3 rings (SSSR count). The molecule has 1 amide bonds. The number of rotatable bonds is 0. The molecule has 2 saturated heterocycles. The Balaban J connectivity index is 1.97. The van der Waals surface area contributed by atoms with Gasteiger partial charge in [0.2, 0.25) is 0 Å². The topological polar surface area (TPSA) is 29.5 Å². The summed E-state index contributed by atoms with van der Waals surface area (Å²) in [5.74, 6) is 0.404. The molecule has 3 nitrogen and oxygen atoms in total. The molecule has 20 heavy (non-hydrogen) atoms. The molecule has 0 aromatic rings. The first-order valence-corrected chi connectivity index (χ1v) is 6.54. The molecule has 2 aliphatic heterocycles. The minimum Gasteiger partial charge on any atom is -0.412 e. The van der Waals surface area contributed by atoms with E-state index < -0.39 is 17.8 Å². The van der Waals surface area contributed by atoms with Gasteiger partial charge < -0.3 is 4.74 Å². The number of amides is 1. The Bertz CT molecular complexity index is 557. The number of nitrogens with zero attached hydrogens (tertiary/aromatic N) is 1. The van der Waals surface area contributed by atoms with Crippen molar-refractivity contribution in [2.24, 2.45) is 0 Å². The normalized spacial score (nSPS) is 30.1. The van der Waals surface area contributed by atoms with Crippen LogP contribution in [0.3, 0.4) is 0 Å². The molecule has 1 unspecified atom stereocenters. The molecule has 2 fully saturated rings. The molecular formula is C14H14F3NO2. The van der Waals surface area contributed by atoms with Gasteiger partial charge in [-0.15, -0.1) is 0 Å². The van der Waals surface area contributed by atoms with Crippen molar-refractivity contribution in [1.29, 1.82) is 0 Å². The summed E-state index contributed by atoms with van der Waals surface area (Å²) in [6.07, 6.45) is -0.576. The van der Waals surface area contributed by atoms with Gasteiger partial charge in [0.15, 0.2) is 0 Å². The average molecular weight is 285 g/mol. The number of hydrogen-bond acceptors (Lipinski definition) is 2. The first kappa shape index (κ1) is 13.3. The molecule has 108 valence electrons. The van der Waals surface area contributed by atoms with Crippen LogP contribution in [0, 0.1) is 0 Å². The largest absolute Gasteiger partial charge is 0.415 e. The maximum Gasteiger partial charge on any atom is 0.415 e. The van der Waals surface area contributed by atoms with E-state index in [0.29, 0.717) is 23.5 Å². The van der Waals surface area contributed by atoms with Gasteiger partial charge in [0, 0.05) is 18.5 Å². The van der Waals surface area contributed by atoms with Gasteiger partial charge in [0.1, 0.15) is 5.76 Å². The van der Waals surface area contributed by atoms with Crippen LogP contribution in [0.1, 0.15) is 26.2 Å². The summed E-state index contributed by atoms with van der Waals surface area (Å²) in [7, 11) is 0. The monoisotopic (exact) mass is 285 g/mol. The Morgan fingerprint density at radius 3 is 2.80 bits per heavy atom. The van der Waals surface area contributed by atoms with E-state index in [1.165, 1.54) is 0 Å². The van der Waals surface area contributed by atoms with Gasteiger partial charge >= 0.3 is 12.3 Å². The zero-order chi connectivity index (χ0) is 14.5. The van der Waals surface area contributed by atoms with Crippen LogP contribution in [0.15, 0.2) is 34.6 Å². The Kier molecular flexibility index (Phi) is 2.92. The van der Waals surface area contributed by atoms with E-state index in [-0.39, 0.29) is 12.5 Å². The molecule has 3 aliphatic rings. The van der Waals surface area contributed by atoms with E-state index >= 15 is 0 Å². The summed E-state index contributed by atoms with van der Waals surface area (Å²) in [5.41, 5.74) is 0.408. The fourth-order valence-corrected chi connectivity index (χ4v) is 3.00. The van der Waals surface area contributed by atoms with Gasteiger partial charge in [-0.3, -0.25) is 4.90 Å². The van der Waals surface area contributed by atoms with Gasteiger partial charge in [-0.2, -0.15) is 13.2 Å². The lowest BCUT2D eigenvalue weighted by atomic mass is 9.92. The molecular weight excluding hydrogens is 271 g/mol. The minimum atomic E-state index is -4.35. The number of allylic oxidation sites excluding steroid dienone is 5. The van der Waals surface area contributed by atoms with Crippen molar-refractivity contribution in [2.45, 2.75) is 38.4 Å². The third-order valence-corrected chi connectivity index (χ3v) is 3.85. The van der Waals surface area contributed by atoms with Crippen LogP contribution < -0.4 is 0 Å². The summed E-state index contributed by atoms with van der Waals surface area (Å²) < 4.78 is 43.9. The molecule has 1 atom stereocenters. The van der Waals surface area contributed by atoms with Crippen LogP contribution in [0.5, 0.6) is 0 Å². The molecule has 0 spiro atoms. The molecule has 0 aromatic heterocycles. The second-order valence-electron chi connectivity index (χ2n) is 5.34. The Morgan fingerprint density at radius 1 is 1.35 bits per heavy atom. The van der Waals surface area contributed by atoms with Crippen LogP contribution in [-0.2, 0) is 4.74 Å². The van der Waals surface area contributed by atoms with Gasteiger partial charge in [-0.1, -0.05) is 17.7 Å². The van der Waals surface area contributed by atoms with Crippen LogP contribution in [0.4, 0.5) is 18.0 Å². The predicted molar refractivity (Wildman–Crippen MR) is 65.7 cm³/mol. The van der Waals surface area contributed by atoms with Crippen LogP contribution in [-0.4, -0.2) is 29.8 Å². The van der Waals surface area contributed by atoms with Crippen LogP contribution in [0.2, 0.25) is 0 Å². The van der Waals surface area contributed by atoms with E-state index in [0.717, 1.165) is 18.9 Å². The highest BCUT2D eigenvalue weighted by Crippen LogP contribution is 2.40. The SMILES string of the molecule is CC1=C/C(=C2/OC(=O)N3CCCC23)CC(C(F)(F)F)=C1. The van der Waals surface area contributed by atoms with E-state index in [9.17, 15) is 18.0 Å². The quantitative estimate of drug-likeness (QED) is 0.679. The first-order chi connectivity index (χ1) is 9.36. The van der Waals surface area contributed by atoms with Gasteiger partial charge in [0.25, 0.3) is 0 Å². The zero-order valence-corrected chi connectivity index (χ0v) is 11.0. The number of hydrogen-bond donors (Lipinski definition) is 0. The summed E-state index contributed by atoms with van der Waals surface area (Å²) in [5, 5.41) is 0. The minimum absolute atomic E-state index is 0.186. The van der Waals surface area contributed by atoms with Crippen molar-refractivity contribution in [3.8, 4) is 0 Å². The maximum atomic E-state index is 12.9. The lowest BCUT2D eigenvalue weighted by Crippen LogP contribution is -2.26. The van der Waals surface area contributed by atoms with Crippen LogP contribution in [0.25, 0.3) is 0 Å². The lowest BCUT2D eigenvalue weighted by Gasteiger charge is -2.19. The van der Waals surface area contributed by atoms with Crippen molar-refractivity contribution in [1.82, 2.24) is 4.90 Å². The molecule has 1 aliphatic carbocycles. The Hall–Kier alpha value is -1.72. The van der Waals surface area contributed by atoms with Gasteiger partial charge in [0.05, 0.1) is 6.04 Å². The summed E-state index contributed by atoms with van der Waals surface area (Å²) in [6, 6.07) is -0.186. The standard InChI is InChI=1S/C14H14F3NO2/c1-8-5-9(7-10(6-8)14(15,16)17)12-11-3-2-4-18(11)13(19)20-12/h5-6,11H,2-4,7H2,1H3/b12-9-. The lowest BCUT2D eigenvalue weighted by molar-refractivity contribution is -0.0933. The molecule has 2 heterocycles. The highest BCUT2D eigenvalue weighted by molar-refractivity contribution is 5.74. The highest BCUT2D eigenvalue weighted by atomic mass is 19.4. The van der Waals surface area contributed by atoms with Gasteiger partial charge in [-0.25, -0.2) is 4.79 Å². The molecule has 0 radical (unpaired) electrons. The van der Waals surface area contributed by atoms with Crippen molar-refractivity contribution < 1.29 is 22.7 Å². The average Bonchev–Trinajstić information content (AvgIpc) is 2.92. The maximum absolute atomic E-state index is 12.9. The zero-order valence-electron chi connectivity index (χ0n) is 11.0. The third-order valence-electron chi connectivity index (χ3n) is 3.85. The molecule has 6 heteroatoms. The Morgan fingerprint density at radius 2 is 2.10 bits per heavy atom. The predicted octanol–water partition coefficient (Wildman–Crippen LogP) is 3.69. The highest BCUT2D eigenvalue weighted by Gasteiger charge is 2.43. The number of cyclic esters (lactones) is 1. The van der Waals surface area contributed by atoms with E-state index in [1.807, 2.05) is 0 Å². The number of halogens is 3. The van der Waals surface area contributed by atoms with Crippen molar-refractivity contribution >= 4 is 6.09 Å². The van der Waals surface area contributed by atoms with E-state index in [2.05, 4.69) is 0 Å². The summed E-state index contributed by atoms with van der Waals surface area (Å²) >= 11 is 0. The molecule has 0 N–H and O–H groups in total. The molecule has 0 aromatic carbocycles. The van der Waals surface area contributed by atoms with E-state index in [1.54, 1.807) is 17.9 Å². The second-order valence-corrected chi connectivity index (χ2v) is 5.34. The number of carbonyl (C=O) groups is 1. The van der Waals surface area contributed by atoms with Crippen molar-refractivity contribution in [2.75, 3.05) is 6.54 Å². The molecule has 0 saturated carbocycles. The summed E-state index contributed by atoms with van der Waals surface area (Å²) in [6.45, 7) is 2.24. The van der Waals surface area contributed by atoms with Crippen LogP contribution >= 0.6 is 0 Å². The Labute approximate surface area is 114 Å². The smallest absolute Gasteiger partial charge is 0.412 e. The summed E-state index contributed by atoms with van der Waals surface area (Å²) in [4.78, 5) is 13.3. The van der Waals surface area contributed by atoms with Gasteiger partial charge in [-0.05, 0) is 25.3 Å². The first-order valence-electron chi connectivity index (χ1n) is 6.54. The number of ether oxygens (including phenoxy) is 1. The number of fused-ring (bicyclic) bond motifs is 1. The second kappa shape index (κ2) is 4.40. The third kappa shape index (κ3) is 2.13. The molecule has 0 bridgehead atoms. The fourth-order valence-electron chi connectivity index (χ4n) is 3.00.